The zero-order valence-corrected chi connectivity index (χ0v) is 11.4. The van der Waals surface area contributed by atoms with Crippen molar-refractivity contribution in [2.24, 2.45) is 5.73 Å². The molecule has 2 rings (SSSR count). The van der Waals surface area contributed by atoms with Crippen LogP contribution in [0, 0.1) is 18.6 Å². The van der Waals surface area contributed by atoms with Crippen LogP contribution in [0.3, 0.4) is 0 Å². The van der Waals surface area contributed by atoms with Crippen molar-refractivity contribution in [3.63, 3.8) is 0 Å². The fourth-order valence-corrected chi connectivity index (χ4v) is 2.58. The fraction of sp³-hybridized carbons (Fsp3) is 0.200. The minimum absolute atomic E-state index is 0.126. The third-order valence-electron chi connectivity index (χ3n) is 2.83. The fourth-order valence-electron chi connectivity index (χ4n) is 1.66. The highest BCUT2D eigenvalue weighted by atomic mass is 32.2. The Labute approximate surface area is 115 Å². The van der Waals surface area contributed by atoms with Crippen LogP contribution in [0.1, 0.15) is 17.2 Å². The number of hydrogen-bond acceptors (Lipinski definition) is 2. The average molecular weight is 279 g/mol. The first-order valence-corrected chi connectivity index (χ1v) is 6.95. The molecule has 0 aliphatic carbocycles. The molecule has 1 nitrogen and oxygen atoms in total. The highest BCUT2D eigenvalue weighted by Gasteiger charge is 2.08. The molecule has 1 unspecified atom stereocenters. The number of aryl methyl sites for hydroxylation is 1. The highest BCUT2D eigenvalue weighted by molar-refractivity contribution is 7.99. The van der Waals surface area contributed by atoms with Crippen molar-refractivity contribution in [2.75, 3.05) is 5.75 Å². The topological polar surface area (TPSA) is 26.0 Å². The summed E-state index contributed by atoms with van der Waals surface area (Å²) >= 11 is 1.42. The molecule has 2 N–H and O–H groups in total. The van der Waals surface area contributed by atoms with E-state index in [9.17, 15) is 8.78 Å². The first-order valence-electron chi connectivity index (χ1n) is 5.96. The van der Waals surface area contributed by atoms with Crippen molar-refractivity contribution in [1.82, 2.24) is 0 Å². The second-order valence-electron chi connectivity index (χ2n) is 4.40. The van der Waals surface area contributed by atoms with Gasteiger partial charge >= 0.3 is 0 Å². The van der Waals surface area contributed by atoms with Crippen LogP contribution in [0.25, 0.3) is 0 Å². The van der Waals surface area contributed by atoms with Gasteiger partial charge in [0.25, 0.3) is 0 Å². The van der Waals surface area contributed by atoms with Crippen LogP contribution in [-0.4, -0.2) is 5.75 Å². The normalized spacial score (nSPS) is 12.4. The number of benzene rings is 2. The molecule has 1 atom stereocenters. The van der Waals surface area contributed by atoms with Gasteiger partial charge in [-0.3, -0.25) is 0 Å². The lowest BCUT2D eigenvalue weighted by Gasteiger charge is -2.12. The smallest absolute Gasteiger partial charge is 0.159 e. The summed E-state index contributed by atoms with van der Waals surface area (Å²) in [5.74, 6) is -1.03. The Hall–Kier alpha value is -1.39. The molecule has 0 saturated carbocycles. The van der Waals surface area contributed by atoms with Gasteiger partial charge < -0.3 is 5.73 Å². The number of hydrogen-bond donors (Lipinski definition) is 1. The van der Waals surface area contributed by atoms with E-state index in [-0.39, 0.29) is 6.04 Å². The van der Waals surface area contributed by atoms with Crippen LogP contribution >= 0.6 is 11.8 Å². The van der Waals surface area contributed by atoms with Gasteiger partial charge in [0.1, 0.15) is 0 Å². The number of rotatable bonds is 4. The molecular weight excluding hydrogens is 264 g/mol. The van der Waals surface area contributed by atoms with Crippen LogP contribution in [0.4, 0.5) is 8.78 Å². The molecule has 0 amide bonds. The molecule has 2 aromatic rings. The lowest BCUT2D eigenvalue weighted by atomic mass is 10.1. The maximum Gasteiger partial charge on any atom is 0.159 e. The molecule has 0 fully saturated rings. The molecule has 0 heterocycles. The minimum Gasteiger partial charge on any atom is -0.323 e. The Morgan fingerprint density at radius 2 is 1.74 bits per heavy atom. The Kier molecular flexibility index (Phi) is 4.56. The van der Waals surface area contributed by atoms with Gasteiger partial charge in [0.15, 0.2) is 11.6 Å². The average Bonchev–Trinajstić information content (AvgIpc) is 2.40. The summed E-state index contributed by atoms with van der Waals surface area (Å²) in [6.07, 6.45) is 0. The van der Waals surface area contributed by atoms with Crippen LogP contribution in [0.2, 0.25) is 0 Å². The molecule has 100 valence electrons. The molecule has 0 aromatic heterocycles. The van der Waals surface area contributed by atoms with E-state index in [1.165, 1.54) is 23.4 Å². The Morgan fingerprint density at radius 3 is 2.37 bits per heavy atom. The summed E-state index contributed by atoms with van der Waals surface area (Å²) in [5.41, 5.74) is 8.30. The summed E-state index contributed by atoms with van der Waals surface area (Å²) in [5, 5.41) is 0. The van der Waals surface area contributed by atoms with Gasteiger partial charge in [-0.05, 0) is 30.7 Å². The van der Waals surface area contributed by atoms with Crippen molar-refractivity contribution >= 4 is 11.8 Å². The number of halogens is 2. The molecule has 0 radical (unpaired) electrons. The lowest BCUT2D eigenvalue weighted by molar-refractivity contribution is 0.506. The SMILES string of the molecule is Cc1ccc(C(N)CSc2ccc(F)c(F)c2)cc1. The van der Waals surface area contributed by atoms with E-state index in [0.717, 1.165) is 11.6 Å². The first-order chi connectivity index (χ1) is 9.06. The van der Waals surface area contributed by atoms with E-state index in [2.05, 4.69) is 0 Å². The van der Waals surface area contributed by atoms with Crippen molar-refractivity contribution in [1.29, 1.82) is 0 Å². The molecule has 0 bridgehead atoms. The molecule has 19 heavy (non-hydrogen) atoms. The molecular formula is C15H15F2NS. The second-order valence-corrected chi connectivity index (χ2v) is 5.50. The monoisotopic (exact) mass is 279 g/mol. The molecule has 0 saturated heterocycles. The Bertz CT molecular complexity index is 555. The minimum atomic E-state index is -0.827. The van der Waals surface area contributed by atoms with Gasteiger partial charge in [-0.25, -0.2) is 8.78 Å². The summed E-state index contributed by atoms with van der Waals surface area (Å²) < 4.78 is 25.8. The summed E-state index contributed by atoms with van der Waals surface area (Å²) in [6.45, 7) is 2.02. The van der Waals surface area contributed by atoms with E-state index in [0.29, 0.717) is 10.6 Å². The first kappa shape index (κ1) is 14.0. The summed E-state index contributed by atoms with van der Waals surface area (Å²) in [6, 6.07) is 11.8. The predicted octanol–water partition coefficient (Wildman–Crippen LogP) is 4.07. The second kappa shape index (κ2) is 6.17. The zero-order chi connectivity index (χ0) is 13.8. The maximum absolute atomic E-state index is 13.1. The zero-order valence-electron chi connectivity index (χ0n) is 10.6. The largest absolute Gasteiger partial charge is 0.323 e. The van der Waals surface area contributed by atoms with E-state index >= 15 is 0 Å². The molecule has 2 aromatic carbocycles. The molecule has 0 spiro atoms. The summed E-state index contributed by atoms with van der Waals surface area (Å²) in [7, 11) is 0. The van der Waals surface area contributed by atoms with Gasteiger partial charge in [-0.1, -0.05) is 29.8 Å². The van der Waals surface area contributed by atoms with E-state index in [1.54, 1.807) is 6.07 Å². The Morgan fingerprint density at radius 1 is 1.05 bits per heavy atom. The molecule has 0 aliphatic rings. The molecule has 4 heteroatoms. The third kappa shape index (κ3) is 3.78. The van der Waals surface area contributed by atoms with Crippen LogP contribution in [-0.2, 0) is 0 Å². The predicted molar refractivity (Wildman–Crippen MR) is 75.2 cm³/mol. The molecule has 0 aliphatic heterocycles. The van der Waals surface area contributed by atoms with Gasteiger partial charge in [0, 0.05) is 16.7 Å². The van der Waals surface area contributed by atoms with Crippen molar-refractivity contribution < 1.29 is 8.78 Å². The van der Waals surface area contributed by atoms with Crippen LogP contribution < -0.4 is 5.73 Å². The van der Waals surface area contributed by atoms with E-state index in [4.69, 9.17) is 5.73 Å². The van der Waals surface area contributed by atoms with Crippen LogP contribution in [0.15, 0.2) is 47.4 Å². The quantitative estimate of drug-likeness (QED) is 0.854. The van der Waals surface area contributed by atoms with E-state index < -0.39 is 11.6 Å². The van der Waals surface area contributed by atoms with Crippen molar-refractivity contribution in [3.05, 3.63) is 65.2 Å². The lowest BCUT2D eigenvalue weighted by Crippen LogP contribution is -2.12. The standard InChI is InChI=1S/C15H15F2NS/c1-10-2-4-11(5-3-10)15(18)9-19-12-6-7-13(16)14(17)8-12/h2-8,15H,9,18H2,1H3. The Balaban J connectivity index is 1.98. The summed E-state index contributed by atoms with van der Waals surface area (Å²) in [4.78, 5) is 0.682. The maximum atomic E-state index is 13.1. The van der Waals surface area contributed by atoms with Crippen molar-refractivity contribution in [3.8, 4) is 0 Å². The number of nitrogens with two attached hydrogens (primary N) is 1. The van der Waals surface area contributed by atoms with E-state index in [1.807, 2.05) is 31.2 Å². The van der Waals surface area contributed by atoms with Gasteiger partial charge in [-0.2, -0.15) is 0 Å². The highest BCUT2D eigenvalue weighted by Crippen LogP contribution is 2.25. The van der Waals surface area contributed by atoms with Gasteiger partial charge in [-0.15, -0.1) is 11.8 Å². The van der Waals surface area contributed by atoms with Gasteiger partial charge in [0.05, 0.1) is 0 Å². The van der Waals surface area contributed by atoms with Crippen LogP contribution in [0.5, 0.6) is 0 Å². The van der Waals surface area contributed by atoms with Gasteiger partial charge in [0.2, 0.25) is 0 Å². The van der Waals surface area contributed by atoms with Crippen molar-refractivity contribution in [2.45, 2.75) is 17.9 Å². The third-order valence-corrected chi connectivity index (χ3v) is 3.94. The number of thioether (sulfide) groups is 1.